The molecule has 0 radical (unpaired) electrons. The molecule has 0 heterocycles. The summed E-state index contributed by atoms with van der Waals surface area (Å²) >= 11 is 5.19. The van der Waals surface area contributed by atoms with E-state index < -0.39 is 0 Å². The molecule has 1 saturated carbocycles. The second kappa shape index (κ2) is 6.70. The average molecular weight is 296 g/mol. The van der Waals surface area contributed by atoms with Crippen LogP contribution in [0, 0.1) is 5.92 Å². The van der Waals surface area contributed by atoms with Crippen molar-refractivity contribution in [1.82, 2.24) is 0 Å². The van der Waals surface area contributed by atoms with Crippen LogP contribution in [0.2, 0.25) is 0 Å². The standard InChI is InChI=1S/C20H24S/c21-20(16-18-11-5-2-6-12-18)14-8-7-13-19(20)15-17-9-3-1-4-10-17/h1-6,9-12,19,21H,7-8,13-16H2. The summed E-state index contributed by atoms with van der Waals surface area (Å²) < 4.78 is 0.148. The van der Waals surface area contributed by atoms with Crippen molar-refractivity contribution in [2.75, 3.05) is 0 Å². The first kappa shape index (κ1) is 14.7. The Morgan fingerprint density at radius 2 is 1.48 bits per heavy atom. The van der Waals surface area contributed by atoms with Crippen LogP contribution >= 0.6 is 12.6 Å². The van der Waals surface area contributed by atoms with Crippen LogP contribution in [0.3, 0.4) is 0 Å². The van der Waals surface area contributed by atoms with E-state index in [1.807, 2.05) is 0 Å². The van der Waals surface area contributed by atoms with E-state index in [4.69, 9.17) is 12.6 Å². The van der Waals surface area contributed by atoms with Gasteiger partial charge in [0.05, 0.1) is 0 Å². The fourth-order valence-electron chi connectivity index (χ4n) is 3.67. The Kier molecular flexibility index (Phi) is 4.70. The first-order chi connectivity index (χ1) is 10.3. The molecule has 1 heteroatoms. The maximum atomic E-state index is 5.19. The van der Waals surface area contributed by atoms with Gasteiger partial charge in [-0.3, -0.25) is 0 Å². The first-order valence-electron chi connectivity index (χ1n) is 8.06. The molecule has 0 saturated heterocycles. The van der Waals surface area contributed by atoms with Gasteiger partial charge >= 0.3 is 0 Å². The third-order valence-corrected chi connectivity index (χ3v) is 5.60. The van der Waals surface area contributed by atoms with Crippen LogP contribution in [0.1, 0.15) is 36.8 Å². The number of hydrogen-bond donors (Lipinski definition) is 1. The van der Waals surface area contributed by atoms with Crippen molar-refractivity contribution in [2.24, 2.45) is 5.92 Å². The van der Waals surface area contributed by atoms with Gasteiger partial charge in [0.2, 0.25) is 0 Å². The van der Waals surface area contributed by atoms with E-state index in [0.717, 1.165) is 12.8 Å². The highest BCUT2D eigenvalue weighted by molar-refractivity contribution is 7.81. The molecule has 1 aliphatic rings. The summed E-state index contributed by atoms with van der Waals surface area (Å²) in [7, 11) is 0. The molecular weight excluding hydrogens is 272 g/mol. The SMILES string of the molecule is SC1(Cc2ccccc2)CCCCC1Cc1ccccc1. The van der Waals surface area contributed by atoms with E-state index in [1.54, 1.807) is 0 Å². The maximum absolute atomic E-state index is 5.19. The summed E-state index contributed by atoms with van der Waals surface area (Å²) in [6.07, 6.45) is 7.48. The summed E-state index contributed by atoms with van der Waals surface area (Å²) in [4.78, 5) is 0. The van der Waals surface area contributed by atoms with E-state index in [9.17, 15) is 0 Å². The van der Waals surface area contributed by atoms with E-state index in [1.165, 1.54) is 36.8 Å². The van der Waals surface area contributed by atoms with Crippen LogP contribution in [0.5, 0.6) is 0 Å². The average Bonchev–Trinajstić information content (AvgIpc) is 2.52. The molecule has 2 unspecified atom stereocenters. The highest BCUT2D eigenvalue weighted by atomic mass is 32.1. The molecule has 0 aliphatic heterocycles. The van der Waals surface area contributed by atoms with Gasteiger partial charge in [0.1, 0.15) is 0 Å². The minimum atomic E-state index is 0.148. The molecule has 1 aliphatic carbocycles. The van der Waals surface area contributed by atoms with Crippen LogP contribution in [-0.2, 0) is 12.8 Å². The molecule has 0 aromatic heterocycles. The topological polar surface area (TPSA) is 0 Å². The molecule has 0 N–H and O–H groups in total. The van der Waals surface area contributed by atoms with Gasteiger partial charge in [0, 0.05) is 4.75 Å². The van der Waals surface area contributed by atoms with Crippen LogP contribution in [0.15, 0.2) is 60.7 Å². The summed E-state index contributed by atoms with van der Waals surface area (Å²) in [5, 5.41) is 0. The summed E-state index contributed by atoms with van der Waals surface area (Å²) in [5.41, 5.74) is 2.88. The van der Waals surface area contributed by atoms with Crippen molar-refractivity contribution in [3.63, 3.8) is 0 Å². The van der Waals surface area contributed by atoms with Crippen molar-refractivity contribution in [3.05, 3.63) is 71.8 Å². The molecule has 21 heavy (non-hydrogen) atoms. The van der Waals surface area contributed by atoms with Gasteiger partial charge < -0.3 is 0 Å². The third-order valence-electron chi connectivity index (χ3n) is 4.85. The van der Waals surface area contributed by atoms with Crippen molar-refractivity contribution >= 4 is 12.6 Å². The molecule has 110 valence electrons. The maximum Gasteiger partial charge on any atom is 0.0201 e. The Bertz CT molecular complexity index is 549. The first-order valence-corrected chi connectivity index (χ1v) is 8.51. The molecule has 0 spiro atoms. The van der Waals surface area contributed by atoms with E-state index in [0.29, 0.717) is 5.92 Å². The molecule has 2 aromatic carbocycles. The quantitative estimate of drug-likeness (QED) is 0.724. The molecule has 2 aromatic rings. The van der Waals surface area contributed by atoms with Crippen molar-refractivity contribution in [3.8, 4) is 0 Å². The van der Waals surface area contributed by atoms with Gasteiger partial charge in [-0.15, -0.1) is 0 Å². The van der Waals surface area contributed by atoms with E-state index in [2.05, 4.69) is 60.7 Å². The van der Waals surface area contributed by atoms with Crippen molar-refractivity contribution in [2.45, 2.75) is 43.3 Å². The second-order valence-electron chi connectivity index (χ2n) is 6.40. The van der Waals surface area contributed by atoms with Crippen LogP contribution in [0.25, 0.3) is 0 Å². The number of hydrogen-bond acceptors (Lipinski definition) is 1. The lowest BCUT2D eigenvalue weighted by atomic mass is 9.72. The molecule has 0 nitrogen and oxygen atoms in total. The summed E-state index contributed by atoms with van der Waals surface area (Å²) in [5.74, 6) is 0.678. The number of thiol groups is 1. The molecule has 0 amide bonds. The predicted molar refractivity (Wildman–Crippen MR) is 94.0 cm³/mol. The zero-order valence-electron chi connectivity index (χ0n) is 12.5. The minimum absolute atomic E-state index is 0.148. The van der Waals surface area contributed by atoms with Gasteiger partial charge in [-0.1, -0.05) is 73.5 Å². The second-order valence-corrected chi connectivity index (χ2v) is 7.29. The number of benzene rings is 2. The molecule has 0 bridgehead atoms. The zero-order chi connectivity index (χ0) is 14.5. The van der Waals surface area contributed by atoms with Crippen molar-refractivity contribution < 1.29 is 0 Å². The van der Waals surface area contributed by atoms with Gasteiger partial charge in [-0.2, -0.15) is 12.6 Å². The Morgan fingerprint density at radius 3 is 2.14 bits per heavy atom. The largest absolute Gasteiger partial charge is 0.172 e. The highest BCUT2D eigenvalue weighted by Crippen LogP contribution is 2.43. The lowest BCUT2D eigenvalue weighted by molar-refractivity contribution is 0.271. The van der Waals surface area contributed by atoms with Gasteiger partial charge in [0.25, 0.3) is 0 Å². The fourth-order valence-corrected chi connectivity index (χ4v) is 4.23. The normalized spacial score (nSPS) is 25.7. The van der Waals surface area contributed by atoms with Gasteiger partial charge in [0.15, 0.2) is 0 Å². The number of rotatable bonds is 4. The van der Waals surface area contributed by atoms with E-state index >= 15 is 0 Å². The van der Waals surface area contributed by atoms with Crippen molar-refractivity contribution in [1.29, 1.82) is 0 Å². The summed E-state index contributed by atoms with van der Waals surface area (Å²) in [6.45, 7) is 0. The monoisotopic (exact) mass is 296 g/mol. The van der Waals surface area contributed by atoms with Gasteiger partial charge in [-0.25, -0.2) is 0 Å². The molecule has 1 fully saturated rings. The van der Waals surface area contributed by atoms with Crippen LogP contribution in [0.4, 0.5) is 0 Å². The molecular formula is C20H24S. The van der Waals surface area contributed by atoms with Crippen LogP contribution in [-0.4, -0.2) is 4.75 Å². The predicted octanol–water partition coefficient (Wildman–Crippen LogP) is 5.33. The highest BCUT2D eigenvalue weighted by Gasteiger charge is 2.37. The lowest BCUT2D eigenvalue weighted by Crippen LogP contribution is -2.38. The fraction of sp³-hybridized carbons (Fsp3) is 0.400. The lowest BCUT2D eigenvalue weighted by Gasteiger charge is -2.41. The van der Waals surface area contributed by atoms with Crippen LogP contribution < -0.4 is 0 Å². The Hall–Kier alpha value is -1.21. The van der Waals surface area contributed by atoms with Gasteiger partial charge in [-0.05, 0) is 42.7 Å². The minimum Gasteiger partial charge on any atom is -0.172 e. The molecule has 2 atom stereocenters. The zero-order valence-corrected chi connectivity index (χ0v) is 13.4. The Labute approximate surface area is 134 Å². The third kappa shape index (κ3) is 3.71. The van der Waals surface area contributed by atoms with E-state index in [-0.39, 0.29) is 4.75 Å². The summed E-state index contributed by atoms with van der Waals surface area (Å²) in [6, 6.07) is 21.8. The Balaban J connectivity index is 1.77. The molecule has 3 rings (SSSR count). The Morgan fingerprint density at radius 1 is 0.857 bits per heavy atom. The smallest absolute Gasteiger partial charge is 0.0201 e.